The molecule has 2 amide bonds. The van der Waals surface area contributed by atoms with Crippen molar-refractivity contribution in [2.24, 2.45) is 0 Å². The molecule has 1 N–H and O–H groups in total. The van der Waals surface area contributed by atoms with Crippen LogP contribution in [-0.4, -0.2) is 34.5 Å². The third-order valence-corrected chi connectivity index (χ3v) is 3.31. The fourth-order valence-electron chi connectivity index (χ4n) is 2.30. The van der Waals surface area contributed by atoms with Gasteiger partial charge in [-0.25, -0.2) is 4.90 Å². The number of anilines is 1. The molecule has 0 spiro atoms. The smallest absolute Gasteiger partial charge is 0.251 e. The number of aromatic nitrogens is 2. The van der Waals surface area contributed by atoms with Gasteiger partial charge in [-0.15, -0.1) is 0 Å². The van der Waals surface area contributed by atoms with Crippen molar-refractivity contribution in [2.75, 3.05) is 11.4 Å². The normalized spacial score (nSPS) is 18.5. The van der Waals surface area contributed by atoms with Gasteiger partial charge in [-0.2, -0.15) is 4.98 Å². The first-order valence-electron chi connectivity index (χ1n) is 6.66. The van der Waals surface area contributed by atoms with E-state index in [1.807, 2.05) is 6.07 Å². The van der Waals surface area contributed by atoms with E-state index >= 15 is 0 Å². The van der Waals surface area contributed by atoms with Crippen LogP contribution in [0.15, 0.2) is 41.2 Å². The molecule has 1 unspecified atom stereocenters. The van der Waals surface area contributed by atoms with Gasteiger partial charge in [-0.05, 0) is 12.1 Å². The SMILES string of the molecule is O=C1CC(NCCc2ncon2)C(=O)N1c1ccccc1. The number of nitrogens with zero attached hydrogens (tertiary/aromatic N) is 3. The number of carbonyl (C=O) groups is 2. The van der Waals surface area contributed by atoms with E-state index in [1.165, 1.54) is 11.3 Å². The summed E-state index contributed by atoms with van der Waals surface area (Å²) < 4.78 is 4.63. The van der Waals surface area contributed by atoms with Crippen LogP contribution in [0.5, 0.6) is 0 Å². The lowest BCUT2D eigenvalue weighted by Gasteiger charge is -2.15. The highest BCUT2D eigenvalue weighted by atomic mass is 16.5. The topological polar surface area (TPSA) is 88.3 Å². The summed E-state index contributed by atoms with van der Waals surface area (Å²) in [4.78, 5) is 29.4. The zero-order valence-corrected chi connectivity index (χ0v) is 11.2. The third kappa shape index (κ3) is 2.82. The molecule has 21 heavy (non-hydrogen) atoms. The summed E-state index contributed by atoms with van der Waals surface area (Å²) in [5.74, 6) is 0.154. The Morgan fingerprint density at radius 1 is 1.29 bits per heavy atom. The molecule has 1 aromatic carbocycles. The molecule has 1 aliphatic heterocycles. The lowest BCUT2D eigenvalue weighted by molar-refractivity contribution is -0.121. The number of amides is 2. The van der Waals surface area contributed by atoms with Crippen molar-refractivity contribution in [1.82, 2.24) is 15.5 Å². The van der Waals surface area contributed by atoms with Gasteiger partial charge in [0.1, 0.15) is 0 Å². The van der Waals surface area contributed by atoms with E-state index in [0.717, 1.165) is 0 Å². The minimum atomic E-state index is -0.496. The van der Waals surface area contributed by atoms with Gasteiger partial charge in [-0.3, -0.25) is 9.59 Å². The highest BCUT2D eigenvalue weighted by Gasteiger charge is 2.38. The van der Waals surface area contributed by atoms with E-state index in [4.69, 9.17) is 0 Å². The summed E-state index contributed by atoms with van der Waals surface area (Å²) in [6.07, 6.45) is 1.97. The number of nitrogens with one attached hydrogen (secondary N) is 1. The molecule has 7 heteroatoms. The van der Waals surface area contributed by atoms with Crippen LogP contribution >= 0.6 is 0 Å². The second-order valence-corrected chi connectivity index (χ2v) is 4.71. The van der Waals surface area contributed by atoms with Crippen molar-refractivity contribution in [2.45, 2.75) is 18.9 Å². The van der Waals surface area contributed by atoms with E-state index < -0.39 is 6.04 Å². The first-order valence-corrected chi connectivity index (χ1v) is 6.66. The average Bonchev–Trinajstić information content (AvgIpc) is 3.09. The molecule has 108 valence electrons. The summed E-state index contributed by atoms with van der Waals surface area (Å²) >= 11 is 0. The van der Waals surface area contributed by atoms with E-state index in [1.54, 1.807) is 24.3 Å². The molecule has 0 aliphatic carbocycles. The van der Waals surface area contributed by atoms with Crippen molar-refractivity contribution < 1.29 is 14.1 Å². The highest BCUT2D eigenvalue weighted by Crippen LogP contribution is 2.22. The molecule has 3 rings (SSSR count). The van der Waals surface area contributed by atoms with Crippen LogP contribution < -0.4 is 10.2 Å². The molecule has 1 aromatic heterocycles. The Balaban J connectivity index is 1.61. The predicted molar refractivity (Wildman–Crippen MR) is 73.3 cm³/mol. The Hall–Kier alpha value is -2.54. The lowest BCUT2D eigenvalue weighted by Crippen LogP contribution is -2.39. The summed E-state index contributed by atoms with van der Waals surface area (Å²) in [6.45, 7) is 0.506. The van der Waals surface area contributed by atoms with Gasteiger partial charge in [0.25, 0.3) is 5.91 Å². The minimum absolute atomic E-state index is 0.167. The van der Waals surface area contributed by atoms with Crippen molar-refractivity contribution in [3.63, 3.8) is 0 Å². The Morgan fingerprint density at radius 3 is 2.81 bits per heavy atom. The quantitative estimate of drug-likeness (QED) is 0.807. The predicted octanol–water partition coefficient (Wildman–Crippen LogP) is 0.534. The van der Waals surface area contributed by atoms with Gasteiger partial charge in [0, 0.05) is 13.0 Å². The van der Waals surface area contributed by atoms with Crippen LogP contribution in [-0.2, 0) is 16.0 Å². The van der Waals surface area contributed by atoms with Crippen LogP contribution in [0.1, 0.15) is 12.2 Å². The van der Waals surface area contributed by atoms with Gasteiger partial charge >= 0.3 is 0 Å². The number of rotatable bonds is 5. The van der Waals surface area contributed by atoms with Crippen molar-refractivity contribution in [3.8, 4) is 0 Å². The average molecular weight is 286 g/mol. The number of hydrogen-bond acceptors (Lipinski definition) is 6. The van der Waals surface area contributed by atoms with E-state index in [9.17, 15) is 9.59 Å². The zero-order chi connectivity index (χ0) is 14.7. The number of imide groups is 1. The maximum atomic E-state index is 12.3. The van der Waals surface area contributed by atoms with Crippen molar-refractivity contribution >= 4 is 17.5 Å². The molecule has 1 atom stereocenters. The largest absolute Gasteiger partial charge is 0.343 e. The fourth-order valence-corrected chi connectivity index (χ4v) is 2.30. The van der Waals surface area contributed by atoms with Crippen LogP contribution in [0.2, 0.25) is 0 Å². The molecule has 0 saturated carbocycles. The maximum absolute atomic E-state index is 12.3. The van der Waals surface area contributed by atoms with Crippen LogP contribution in [0.3, 0.4) is 0 Å². The molecular weight excluding hydrogens is 272 g/mol. The monoisotopic (exact) mass is 286 g/mol. The number of carbonyl (C=O) groups excluding carboxylic acids is 2. The minimum Gasteiger partial charge on any atom is -0.343 e. The molecule has 7 nitrogen and oxygen atoms in total. The number of benzene rings is 1. The molecule has 2 aromatic rings. The second-order valence-electron chi connectivity index (χ2n) is 4.71. The number of para-hydroxylation sites is 1. The third-order valence-electron chi connectivity index (χ3n) is 3.31. The summed E-state index contributed by atoms with van der Waals surface area (Å²) in [5.41, 5.74) is 0.606. The first-order chi connectivity index (χ1) is 10.3. The molecule has 1 aliphatic rings. The molecular formula is C14H14N4O3. The van der Waals surface area contributed by atoms with Crippen LogP contribution in [0.25, 0.3) is 0 Å². The molecule has 2 heterocycles. The Morgan fingerprint density at radius 2 is 2.10 bits per heavy atom. The molecule has 1 saturated heterocycles. The first kappa shape index (κ1) is 13.4. The standard InChI is InChI=1S/C14H14N4O3/c19-13-8-11(15-7-6-12-16-9-21-17-12)14(20)18(13)10-4-2-1-3-5-10/h1-5,9,11,15H,6-8H2. The summed E-state index contributed by atoms with van der Waals surface area (Å²) in [6, 6.07) is 8.44. The number of hydrogen-bond donors (Lipinski definition) is 1. The van der Waals surface area contributed by atoms with Crippen molar-refractivity contribution in [3.05, 3.63) is 42.5 Å². The van der Waals surface area contributed by atoms with Crippen LogP contribution in [0.4, 0.5) is 5.69 Å². The van der Waals surface area contributed by atoms with E-state index in [-0.39, 0.29) is 18.2 Å². The van der Waals surface area contributed by atoms with Gasteiger partial charge < -0.3 is 9.84 Å². The summed E-state index contributed by atoms with van der Waals surface area (Å²) in [5, 5.41) is 6.75. The van der Waals surface area contributed by atoms with E-state index in [0.29, 0.717) is 24.5 Å². The highest BCUT2D eigenvalue weighted by molar-refractivity contribution is 6.22. The lowest BCUT2D eigenvalue weighted by atomic mass is 10.2. The van der Waals surface area contributed by atoms with Gasteiger partial charge in [0.05, 0.1) is 18.2 Å². The summed E-state index contributed by atoms with van der Waals surface area (Å²) in [7, 11) is 0. The van der Waals surface area contributed by atoms with E-state index in [2.05, 4.69) is 20.0 Å². The van der Waals surface area contributed by atoms with Gasteiger partial charge in [0.2, 0.25) is 12.3 Å². The Labute approximate surface area is 120 Å². The molecule has 0 bridgehead atoms. The maximum Gasteiger partial charge on any atom is 0.251 e. The fraction of sp³-hybridized carbons (Fsp3) is 0.286. The van der Waals surface area contributed by atoms with Crippen molar-refractivity contribution in [1.29, 1.82) is 0 Å². The van der Waals surface area contributed by atoms with Crippen LogP contribution in [0, 0.1) is 0 Å². The zero-order valence-electron chi connectivity index (χ0n) is 11.2. The Bertz CT molecular complexity index is 627. The molecule has 0 radical (unpaired) electrons. The van der Waals surface area contributed by atoms with Gasteiger partial charge in [0.15, 0.2) is 5.82 Å². The second kappa shape index (κ2) is 5.84. The molecule has 1 fully saturated rings. The van der Waals surface area contributed by atoms with Gasteiger partial charge in [-0.1, -0.05) is 23.4 Å². The Kier molecular flexibility index (Phi) is 3.74.